The number of carbonyl (C=O) groups is 1. The number of hydrogen-bond donors (Lipinski definition) is 0. The van der Waals surface area contributed by atoms with Crippen molar-refractivity contribution in [1.82, 2.24) is 14.6 Å². The summed E-state index contributed by atoms with van der Waals surface area (Å²) < 4.78 is 7.32. The number of amides is 1. The van der Waals surface area contributed by atoms with E-state index in [0.717, 1.165) is 35.6 Å². The third-order valence-corrected chi connectivity index (χ3v) is 3.38. The number of aromatic nitrogens is 3. The fraction of sp³-hybridized carbons (Fsp3) is 0.533. The van der Waals surface area contributed by atoms with Crippen molar-refractivity contribution in [3.8, 4) is 0 Å². The average Bonchev–Trinajstić information content (AvgIpc) is 2.76. The van der Waals surface area contributed by atoms with Gasteiger partial charge in [-0.05, 0) is 40.5 Å². The van der Waals surface area contributed by atoms with Crippen molar-refractivity contribution in [2.75, 3.05) is 11.4 Å². The average molecular weight is 288 g/mol. The van der Waals surface area contributed by atoms with Crippen LogP contribution in [0.4, 0.5) is 10.5 Å². The second kappa shape index (κ2) is 4.72. The van der Waals surface area contributed by atoms with Crippen LogP contribution in [0.3, 0.4) is 0 Å². The molecule has 0 atom stereocenters. The molecule has 0 bridgehead atoms. The van der Waals surface area contributed by atoms with Crippen molar-refractivity contribution in [3.05, 3.63) is 23.7 Å². The zero-order chi connectivity index (χ0) is 15.2. The van der Waals surface area contributed by atoms with Gasteiger partial charge in [-0.15, -0.1) is 0 Å². The lowest BCUT2D eigenvalue weighted by Gasteiger charge is -2.31. The molecule has 2 aromatic rings. The molecule has 0 fully saturated rings. The van der Waals surface area contributed by atoms with Gasteiger partial charge in [0.15, 0.2) is 5.65 Å². The normalized spacial score (nSPS) is 15.1. The Morgan fingerprint density at radius 2 is 2.14 bits per heavy atom. The Labute approximate surface area is 123 Å². The minimum Gasteiger partial charge on any atom is -0.443 e. The first-order valence-corrected chi connectivity index (χ1v) is 7.20. The third-order valence-electron chi connectivity index (χ3n) is 3.38. The van der Waals surface area contributed by atoms with Gasteiger partial charge in [-0.3, -0.25) is 4.90 Å². The van der Waals surface area contributed by atoms with E-state index in [1.54, 1.807) is 11.1 Å². The number of aryl methyl sites for hydroxylation is 2. The van der Waals surface area contributed by atoms with Crippen molar-refractivity contribution in [3.63, 3.8) is 0 Å². The molecule has 0 aromatic carbocycles. The molecule has 21 heavy (non-hydrogen) atoms. The Hall–Kier alpha value is -2.11. The number of nitrogens with zero attached hydrogens (tertiary/aromatic N) is 4. The summed E-state index contributed by atoms with van der Waals surface area (Å²) in [5.74, 6) is 0. The molecule has 1 amide bonds. The van der Waals surface area contributed by atoms with Crippen molar-refractivity contribution >= 4 is 17.4 Å². The number of ether oxygens (including phenoxy) is 1. The van der Waals surface area contributed by atoms with Crippen LogP contribution < -0.4 is 4.90 Å². The van der Waals surface area contributed by atoms with Gasteiger partial charge in [-0.1, -0.05) is 0 Å². The van der Waals surface area contributed by atoms with Gasteiger partial charge in [-0.25, -0.2) is 14.3 Å². The van der Waals surface area contributed by atoms with E-state index in [1.807, 2.05) is 38.3 Å². The Morgan fingerprint density at radius 1 is 1.38 bits per heavy atom. The summed E-state index contributed by atoms with van der Waals surface area (Å²) in [6.07, 6.45) is 3.20. The molecule has 3 heterocycles. The van der Waals surface area contributed by atoms with Gasteiger partial charge in [0.1, 0.15) is 5.60 Å². The fourth-order valence-corrected chi connectivity index (χ4v) is 2.58. The van der Waals surface area contributed by atoms with E-state index in [-0.39, 0.29) is 6.09 Å². The van der Waals surface area contributed by atoms with Crippen molar-refractivity contribution in [2.45, 2.75) is 46.1 Å². The number of carbonyl (C=O) groups excluding carboxylic acids is 1. The van der Waals surface area contributed by atoms with Crippen LogP contribution in [0.5, 0.6) is 0 Å². The van der Waals surface area contributed by atoms with Gasteiger partial charge in [0.25, 0.3) is 0 Å². The molecular formula is C15H20N4O2. The van der Waals surface area contributed by atoms with Crippen LogP contribution >= 0.6 is 0 Å². The number of hydrogen-bond acceptors (Lipinski definition) is 4. The largest absolute Gasteiger partial charge is 0.443 e. The molecule has 112 valence electrons. The van der Waals surface area contributed by atoms with E-state index in [1.165, 1.54) is 0 Å². The second-order valence-electron chi connectivity index (χ2n) is 6.38. The quantitative estimate of drug-likeness (QED) is 0.748. The van der Waals surface area contributed by atoms with E-state index in [9.17, 15) is 4.79 Å². The summed E-state index contributed by atoms with van der Waals surface area (Å²) in [4.78, 5) is 18.4. The maximum atomic E-state index is 12.4. The molecule has 0 radical (unpaired) electrons. The molecule has 2 aromatic heterocycles. The maximum absolute atomic E-state index is 12.4. The lowest BCUT2D eigenvalue weighted by Crippen LogP contribution is -2.40. The molecule has 0 spiro atoms. The minimum absolute atomic E-state index is 0.325. The van der Waals surface area contributed by atoms with E-state index in [4.69, 9.17) is 4.74 Å². The first-order valence-electron chi connectivity index (χ1n) is 7.20. The highest BCUT2D eigenvalue weighted by atomic mass is 16.6. The van der Waals surface area contributed by atoms with Gasteiger partial charge in [0, 0.05) is 12.6 Å². The van der Waals surface area contributed by atoms with Crippen LogP contribution in [0.1, 0.15) is 38.6 Å². The lowest BCUT2D eigenvalue weighted by molar-refractivity contribution is 0.0577. The third kappa shape index (κ3) is 2.57. The maximum Gasteiger partial charge on any atom is 0.414 e. The lowest BCUT2D eigenvalue weighted by atomic mass is 10.1. The zero-order valence-corrected chi connectivity index (χ0v) is 12.9. The number of anilines is 1. The topological polar surface area (TPSA) is 59.7 Å². The molecule has 0 unspecified atom stereocenters. The first kappa shape index (κ1) is 13.9. The van der Waals surface area contributed by atoms with Gasteiger partial charge < -0.3 is 4.74 Å². The van der Waals surface area contributed by atoms with Gasteiger partial charge in [0.05, 0.1) is 23.3 Å². The minimum atomic E-state index is -0.505. The summed E-state index contributed by atoms with van der Waals surface area (Å²) >= 11 is 0. The Kier molecular flexibility index (Phi) is 3.11. The SMILES string of the molecule is Cc1cc2ncc3c(n2n1)CCCN3C(=O)OC(C)(C)C. The molecule has 3 rings (SSSR count). The summed E-state index contributed by atoms with van der Waals surface area (Å²) in [7, 11) is 0. The summed E-state index contributed by atoms with van der Waals surface area (Å²) in [5.41, 5.74) is 3.05. The smallest absolute Gasteiger partial charge is 0.414 e. The summed E-state index contributed by atoms with van der Waals surface area (Å²) in [5, 5.41) is 4.47. The van der Waals surface area contributed by atoms with Crippen LogP contribution in [0, 0.1) is 6.92 Å². The van der Waals surface area contributed by atoms with E-state index < -0.39 is 5.60 Å². The van der Waals surface area contributed by atoms with Gasteiger partial charge >= 0.3 is 6.09 Å². The van der Waals surface area contributed by atoms with Crippen molar-refractivity contribution in [1.29, 1.82) is 0 Å². The van der Waals surface area contributed by atoms with Gasteiger partial charge in [0.2, 0.25) is 0 Å². The summed E-state index contributed by atoms with van der Waals surface area (Å²) in [6, 6.07) is 1.94. The molecule has 0 aliphatic carbocycles. The van der Waals surface area contributed by atoms with E-state index >= 15 is 0 Å². The van der Waals surface area contributed by atoms with Gasteiger partial charge in [-0.2, -0.15) is 5.10 Å². The highest BCUT2D eigenvalue weighted by Crippen LogP contribution is 2.28. The second-order valence-corrected chi connectivity index (χ2v) is 6.38. The number of rotatable bonds is 0. The Bertz CT molecular complexity index is 699. The van der Waals surface area contributed by atoms with Crippen LogP contribution in [-0.4, -0.2) is 32.8 Å². The zero-order valence-electron chi connectivity index (χ0n) is 12.9. The standard InChI is InChI=1S/C15H20N4O2/c1-10-8-13-16-9-12-11(19(13)17-10)6-5-7-18(12)14(20)21-15(2,3)4/h8-9H,5-7H2,1-4H3. The fourth-order valence-electron chi connectivity index (χ4n) is 2.58. The van der Waals surface area contributed by atoms with Crippen molar-refractivity contribution < 1.29 is 9.53 Å². The molecule has 0 saturated carbocycles. The van der Waals surface area contributed by atoms with E-state index in [2.05, 4.69) is 10.1 Å². The van der Waals surface area contributed by atoms with E-state index in [0.29, 0.717) is 6.54 Å². The molecule has 0 N–H and O–H groups in total. The molecule has 6 nitrogen and oxygen atoms in total. The summed E-state index contributed by atoms with van der Waals surface area (Å²) in [6.45, 7) is 8.20. The Balaban J connectivity index is 2.02. The van der Waals surface area contributed by atoms with Crippen LogP contribution in [0.25, 0.3) is 5.65 Å². The molecule has 0 saturated heterocycles. The molecule has 1 aliphatic rings. The molecule has 1 aliphatic heterocycles. The monoisotopic (exact) mass is 288 g/mol. The van der Waals surface area contributed by atoms with Crippen LogP contribution in [0.2, 0.25) is 0 Å². The highest BCUT2D eigenvalue weighted by Gasteiger charge is 2.29. The Morgan fingerprint density at radius 3 is 2.86 bits per heavy atom. The first-order chi connectivity index (χ1) is 9.85. The predicted molar refractivity (Wildman–Crippen MR) is 79.6 cm³/mol. The highest BCUT2D eigenvalue weighted by molar-refractivity contribution is 5.89. The number of fused-ring (bicyclic) bond motifs is 3. The molecule has 6 heteroatoms. The van der Waals surface area contributed by atoms with Crippen molar-refractivity contribution in [2.24, 2.45) is 0 Å². The van der Waals surface area contributed by atoms with Crippen LogP contribution in [0.15, 0.2) is 12.3 Å². The molecular weight excluding hydrogens is 268 g/mol. The predicted octanol–water partition coefficient (Wildman–Crippen LogP) is 2.73. The van der Waals surface area contributed by atoms with Crippen LogP contribution in [-0.2, 0) is 11.2 Å².